The predicted octanol–water partition coefficient (Wildman–Crippen LogP) is 3.36. The van der Waals surface area contributed by atoms with Crippen molar-refractivity contribution in [3.05, 3.63) is 17.7 Å². The Hall–Kier alpha value is -0.520. The second kappa shape index (κ2) is 8.56. The highest BCUT2D eigenvalue weighted by Crippen LogP contribution is 2.41. The molecule has 0 heterocycles. The van der Waals surface area contributed by atoms with Gasteiger partial charge in [-0.05, 0) is 37.1 Å². The standard InChI is InChI=1S/C13H21NO2S2/c1-4-7-17-18-13-9-11(15-2)10(5-6-14)8-12(13)16-3/h8-9H,4-7,14H2,1-3H3. The molecule has 0 fully saturated rings. The molecule has 0 bridgehead atoms. The summed E-state index contributed by atoms with van der Waals surface area (Å²) in [6, 6.07) is 4.07. The average Bonchev–Trinajstić information content (AvgIpc) is 2.40. The summed E-state index contributed by atoms with van der Waals surface area (Å²) >= 11 is 0. The summed E-state index contributed by atoms with van der Waals surface area (Å²) in [5.74, 6) is 2.91. The summed E-state index contributed by atoms with van der Waals surface area (Å²) in [5, 5.41) is 0. The molecule has 3 nitrogen and oxygen atoms in total. The smallest absolute Gasteiger partial charge is 0.133 e. The minimum Gasteiger partial charge on any atom is -0.496 e. The molecule has 0 unspecified atom stereocenters. The van der Waals surface area contributed by atoms with Crippen LogP contribution < -0.4 is 15.2 Å². The van der Waals surface area contributed by atoms with E-state index in [9.17, 15) is 0 Å². The molecule has 0 atom stereocenters. The Bertz CT molecular complexity index is 372. The molecule has 0 saturated heterocycles. The molecule has 0 aromatic heterocycles. The maximum Gasteiger partial charge on any atom is 0.133 e. The Morgan fingerprint density at radius 1 is 1.17 bits per heavy atom. The molecule has 0 radical (unpaired) electrons. The molecule has 1 aromatic carbocycles. The molecule has 102 valence electrons. The lowest BCUT2D eigenvalue weighted by Gasteiger charge is -2.13. The zero-order valence-electron chi connectivity index (χ0n) is 11.2. The minimum atomic E-state index is 0.608. The second-order valence-electron chi connectivity index (χ2n) is 3.76. The van der Waals surface area contributed by atoms with Gasteiger partial charge in [-0.25, -0.2) is 0 Å². The monoisotopic (exact) mass is 287 g/mol. The first-order valence-corrected chi connectivity index (χ1v) is 8.33. The van der Waals surface area contributed by atoms with Crippen LogP contribution in [0.3, 0.4) is 0 Å². The Morgan fingerprint density at radius 3 is 2.44 bits per heavy atom. The summed E-state index contributed by atoms with van der Waals surface area (Å²) in [4.78, 5) is 1.11. The summed E-state index contributed by atoms with van der Waals surface area (Å²) in [7, 11) is 6.95. The van der Waals surface area contributed by atoms with Crippen LogP contribution in [0.15, 0.2) is 17.0 Å². The van der Waals surface area contributed by atoms with E-state index in [4.69, 9.17) is 15.2 Å². The Morgan fingerprint density at radius 2 is 1.89 bits per heavy atom. The van der Waals surface area contributed by atoms with Gasteiger partial charge >= 0.3 is 0 Å². The van der Waals surface area contributed by atoms with E-state index in [-0.39, 0.29) is 0 Å². The van der Waals surface area contributed by atoms with Crippen molar-refractivity contribution in [2.75, 3.05) is 26.5 Å². The molecule has 0 aliphatic heterocycles. The summed E-state index contributed by atoms with van der Waals surface area (Å²) in [5.41, 5.74) is 6.71. The summed E-state index contributed by atoms with van der Waals surface area (Å²) in [6.45, 7) is 2.78. The molecule has 0 amide bonds. The highest BCUT2D eigenvalue weighted by Gasteiger charge is 2.11. The van der Waals surface area contributed by atoms with Gasteiger partial charge in [0.2, 0.25) is 0 Å². The third kappa shape index (κ3) is 4.30. The van der Waals surface area contributed by atoms with E-state index >= 15 is 0 Å². The second-order valence-corrected chi connectivity index (χ2v) is 6.22. The van der Waals surface area contributed by atoms with Crippen LogP contribution in [0.1, 0.15) is 18.9 Å². The first-order chi connectivity index (χ1) is 8.76. The predicted molar refractivity (Wildman–Crippen MR) is 80.9 cm³/mol. The highest BCUT2D eigenvalue weighted by atomic mass is 33.1. The van der Waals surface area contributed by atoms with E-state index in [1.54, 1.807) is 25.0 Å². The summed E-state index contributed by atoms with van der Waals surface area (Å²) < 4.78 is 10.8. The molecule has 1 rings (SSSR count). The van der Waals surface area contributed by atoms with Crippen LogP contribution in [-0.2, 0) is 6.42 Å². The fraction of sp³-hybridized carbons (Fsp3) is 0.538. The Labute approximate surface area is 117 Å². The van der Waals surface area contributed by atoms with Gasteiger partial charge in [-0.15, -0.1) is 0 Å². The first kappa shape index (κ1) is 15.5. The van der Waals surface area contributed by atoms with E-state index in [1.165, 1.54) is 6.42 Å². The van der Waals surface area contributed by atoms with Crippen molar-refractivity contribution in [2.45, 2.75) is 24.7 Å². The largest absolute Gasteiger partial charge is 0.496 e. The number of benzene rings is 1. The lowest BCUT2D eigenvalue weighted by molar-refractivity contribution is 0.390. The zero-order chi connectivity index (χ0) is 13.4. The van der Waals surface area contributed by atoms with Crippen LogP contribution in [0, 0.1) is 0 Å². The van der Waals surface area contributed by atoms with Crippen molar-refractivity contribution in [3.8, 4) is 11.5 Å². The maximum absolute atomic E-state index is 5.61. The SMILES string of the molecule is CCCSSc1cc(OC)c(CCN)cc1OC. The Balaban J connectivity index is 2.94. The number of nitrogens with two attached hydrogens (primary N) is 1. The molecular formula is C13H21NO2S2. The number of hydrogen-bond donors (Lipinski definition) is 1. The number of hydrogen-bond acceptors (Lipinski definition) is 5. The zero-order valence-corrected chi connectivity index (χ0v) is 12.8. The topological polar surface area (TPSA) is 44.5 Å². The van der Waals surface area contributed by atoms with Crippen LogP contribution in [-0.4, -0.2) is 26.5 Å². The van der Waals surface area contributed by atoms with E-state index in [2.05, 4.69) is 6.92 Å². The van der Waals surface area contributed by atoms with E-state index in [0.29, 0.717) is 6.54 Å². The van der Waals surface area contributed by atoms with Crippen LogP contribution >= 0.6 is 21.6 Å². The highest BCUT2D eigenvalue weighted by molar-refractivity contribution is 8.76. The van der Waals surface area contributed by atoms with Crippen molar-refractivity contribution in [3.63, 3.8) is 0 Å². The van der Waals surface area contributed by atoms with Crippen LogP contribution in [0.5, 0.6) is 11.5 Å². The molecular weight excluding hydrogens is 266 g/mol. The maximum atomic E-state index is 5.61. The van der Waals surface area contributed by atoms with E-state index < -0.39 is 0 Å². The third-order valence-corrected chi connectivity index (χ3v) is 5.00. The van der Waals surface area contributed by atoms with Gasteiger partial charge in [-0.1, -0.05) is 28.5 Å². The lowest BCUT2D eigenvalue weighted by atomic mass is 10.1. The minimum absolute atomic E-state index is 0.608. The van der Waals surface area contributed by atoms with E-state index in [0.717, 1.165) is 34.1 Å². The molecule has 1 aromatic rings. The van der Waals surface area contributed by atoms with Gasteiger partial charge in [0.1, 0.15) is 11.5 Å². The van der Waals surface area contributed by atoms with Crippen molar-refractivity contribution in [2.24, 2.45) is 5.73 Å². The van der Waals surface area contributed by atoms with Crippen molar-refractivity contribution in [1.82, 2.24) is 0 Å². The molecule has 0 aliphatic carbocycles. The quantitative estimate of drug-likeness (QED) is 0.587. The summed E-state index contributed by atoms with van der Waals surface area (Å²) in [6.07, 6.45) is 1.97. The van der Waals surface area contributed by atoms with Gasteiger partial charge in [0.25, 0.3) is 0 Å². The average molecular weight is 287 g/mol. The molecule has 2 N–H and O–H groups in total. The van der Waals surface area contributed by atoms with Crippen LogP contribution in [0.4, 0.5) is 0 Å². The Kier molecular flexibility index (Phi) is 7.39. The molecule has 18 heavy (non-hydrogen) atoms. The number of ether oxygens (including phenoxy) is 2. The molecule has 0 spiro atoms. The first-order valence-electron chi connectivity index (χ1n) is 6.01. The van der Waals surface area contributed by atoms with Gasteiger partial charge < -0.3 is 15.2 Å². The number of methoxy groups -OCH3 is 2. The van der Waals surface area contributed by atoms with Crippen LogP contribution in [0.2, 0.25) is 0 Å². The molecule has 5 heteroatoms. The van der Waals surface area contributed by atoms with Crippen molar-refractivity contribution in [1.29, 1.82) is 0 Å². The number of rotatable bonds is 8. The molecule has 0 saturated carbocycles. The molecule has 0 aliphatic rings. The fourth-order valence-corrected chi connectivity index (χ4v) is 3.82. The lowest BCUT2D eigenvalue weighted by Crippen LogP contribution is -2.05. The van der Waals surface area contributed by atoms with Gasteiger partial charge in [0.05, 0.1) is 19.1 Å². The third-order valence-electron chi connectivity index (χ3n) is 2.42. The van der Waals surface area contributed by atoms with Gasteiger partial charge in [-0.2, -0.15) is 0 Å². The normalized spacial score (nSPS) is 10.4. The van der Waals surface area contributed by atoms with Crippen molar-refractivity contribution >= 4 is 21.6 Å². The van der Waals surface area contributed by atoms with Gasteiger partial charge in [0, 0.05) is 5.75 Å². The van der Waals surface area contributed by atoms with Crippen LogP contribution in [0.25, 0.3) is 0 Å². The fourth-order valence-electron chi connectivity index (χ4n) is 1.54. The van der Waals surface area contributed by atoms with Gasteiger partial charge in [0.15, 0.2) is 0 Å². The van der Waals surface area contributed by atoms with Gasteiger partial charge in [-0.3, -0.25) is 0 Å². The van der Waals surface area contributed by atoms with E-state index in [1.807, 2.05) is 22.9 Å². The van der Waals surface area contributed by atoms with Crippen molar-refractivity contribution < 1.29 is 9.47 Å².